The zero-order valence-electron chi connectivity index (χ0n) is 20.5. The van der Waals surface area contributed by atoms with Gasteiger partial charge in [0, 0.05) is 12.2 Å². The van der Waals surface area contributed by atoms with Crippen molar-refractivity contribution < 1.29 is 27.9 Å². The Kier molecular flexibility index (Phi) is 10.3. The van der Waals surface area contributed by atoms with Crippen LogP contribution in [-0.2, 0) is 25.8 Å². The van der Waals surface area contributed by atoms with Crippen LogP contribution >= 0.6 is 0 Å². The largest absolute Gasteiger partial charge is 0.389 e. The lowest BCUT2D eigenvalue weighted by atomic mass is 10.00. The molecule has 35 heavy (non-hydrogen) atoms. The molecule has 1 heterocycles. The monoisotopic (exact) mass is 508 g/mol. The molecule has 0 bridgehead atoms. The molecule has 0 aliphatic carbocycles. The summed E-state index contributed by atoms with van der Waals surface area (Å²) in [7, 11) is -3.70. The molecule has 1 aliphatic heterocycles. The summed E-state index contributed by atoms with van der Waals surface area (Å²) in [5, 5.41) is 18.9. The van der Waals surface area contributed by atoms with Gasteiger partial charge in [0.25, 0.3) is 0 Å². The second-order valence-corrected chi connectivity index (χ2v) is 11.5. The predicted molar refractivity (Wildman–Crippen MR) is 133 cm³/mol. The van der Waals surface area contributed by atoms with Crippen molar-refractivity contribution in [3.63, 3.8) is 0 Å². The van der Waals surface area contributed by atoms with E-state index in [9.17, 15) is 27.9 Å². The van der Waals surface area contributed by atoms with Crippen molar-refractivity contribution in [2.24, 2.45) is 5.92 Å². The maximum absolute atomic E-state index is 12.9. The van der Waals surface area contributed by atoms with Crippen molar-refractivity contribution in [1.82, 2.24) is 20.9 Å². The molecule has 10 nitrogen and oxygen atoms in total. The van der Waals surface area contributed by atoms with Gasteiger partial charge in [0.15, 0.2) is 9.84 Å². The van der Waals surface area contributed by atoms with Gasteiger partial charge >= 0.3 is 6.03 Å². The van der Waals surface area contributed by atoms with Crippen molar-refractivity contribution in [1.29, 1.82) is 0 Å². The number of amides is 4. The van der Waals surface area contributed by atoms with Gasteiger partial charge in [-0.2, -0.15) is 0 Å². The van der Waals surface area contributed by atoms with Crippen LogP contribution in [0.4, 0.5) is 4.79 Å². The maximum atomic E-state index is 12.9. The molecule has 0 unspecified atom stereocenters. The summed E-state index contributed by atoms with van der Waals surface area (Å²) < 4.78 is 23.9. The standard InChI is InChI=1S/C24H36N4O6S/c1-16(2)10-11-28(24(32)25-17(3)4)13-21(29)19(12-18-8-6-5-7-9-18)27-23(31)20-14-35(33,34)15-22(30)26-20/h5-9,16,19-21,29H,3,10-15H2,1-2,4H3,(H,25,32)(H,26,30)(H,27,31)/t19-,20-,21+/m0/s1. The third-order valence-corrected chi connectivity index (χ3v) is 7.05. The summed E-state index contributed by atoms with van der Waals surface area (Å²) in [5.41, 5.74) is 1.29. The van der Waals surface area contributed by atoms with E-state index in [1.165, 1.54) is 4.90 Å². The Labute approximate surface area is 207 Å². The molecular formula is C24H36N4O6S. The molecule has 1 aromatic carbocycles. The van der Waals surface area contributed by atoms with Crippen molar-refractivity contribution in [3.05, 3.63) is 48.2 Å². The van der Waals surface area contributed by atoms with E-state index >= 15 is 0 Å². The Morgan fingerprint density at radius 3 is 2.49 bits per heavy atom. The van der Waals surface area contributed by atoms with Gasteiger partial charge in [-0.1, -0.05) is 50.8 Å². The highest BCUT2D eigenvalue weighted by atomic mass is 32.2. The number of urea groups is 1. The zero-order chi connectivity index (χ0) is 26.2. The average Bonchev–Trinajstić information content (AvgIpc) is 2.74. The first-order chi connectivity index (χ1) is 16.4. The predicted octanol–water partition coefficient (Wildman–Crippen LogP) is 0.579. The number of rotatable bonds is 11. The number of aliphatic hydroxyl groups excluding tert-OH is 1. The number of nitrogens with zero attached hydrogens (tertiary/aromatic N) is 1. The van der Waals surface area contributed by atoms with E-state index in [4.69, 9.17) is 0 Å². The third-order valence-electron chi connectivity index (χ3n) is 5.51. The number of hydrogen-bond acceptors (Lipinski definition) is 6. The summed E-state index contributed by atoms with van der Waals surface area (Å²) in [5.74, 6) is -2.30. The van der Waals surface area contributed by atoms with E-state index in [2.05, 4.69) is 22.5 Å². The number of benzene rings is 1. The maximum Gasteiger partial charge on any atom is 0.321 e. The van der Waals surface area contributed by atoms with Crippen molar-refractivity contribution in [2.75, 3.05) is 24.6 Å². The van der Waals surface area contributed by atoms with Gasteiger partial charge in [0.1, 0.15) is 11.8 Å². The lowest BCUT2D eigenvalue weighted by Crippen LogP contribution is -2.60. The van der Waals surface area contributed by atoms with Gasteiger partial charge in [-0.3, -0.25) is 9.59 Å². The first-order valence-corrected chi connectivity index (χ1v) is 13.4. The van der Waals surface area contributed by atoms with Crippen LogP contribution in [0, 0.1) is 5.92 Å². The molecule has 194 valence electrons. The second kappa shape index (κ2) is 12.7. The van der Waals surface area contributed by atoms with Crippen molar-refractivity contribution in [3.8, 4) is 0 Å². The minimum atomic E-state index is -3.70. The molecule has 1 aliphatic rings. The summed E-state index contributed by atoms with van der Waals surface area (Å²) in [6.45, 7) is 9.71. The van der Waals surface area contributed by atoms with E-state index in [1.54, 1.807) is 6.92 Å². The molecule has 0 spiro atoms. The minimum Gasteiger partial charge on any atom is -0.389 e. The van der Waals surface area contributed by atoms with E-state index in [0.717, 1.165) is 5.56 Å². The van der Waals surface area contributed by atoms with Crippen LogP contribution in [0.2, 0.25) is 0 Å². The van der Waals surface area contributed by atoms with Gasteiger partial charge in [0.05, 0.1) is 24.4 Å². The fraction of sp³-hybridized carbons (Fsp3) is 0.542. The van der Waals surface area contributed by atoms with Crippen molar-refractivity contribution >= 4 is 27.7 Å². The smallest absolute Gasteiger partial charge is 0.321 e. The highest BCUT2D eigenvalue weighted by Crippen LogP contribution is 2.12. The first-order valence-electron chi connectivity index (χ1n) is 11.6. The summed E-state index contributed by atoms with van der Waals surface area (Å²) >= 11 is 0. The SMILES string of the molecule is C=C(C)NC(=O)N(CCC(C)C)C[C@@H](O)[C@H](Cc1ccccc1)NC(=O)[C@@H]1CS(=O)(=O)CC(=O)N1. The lowest BCUT2D eigenvalue weighted by molar-refractivity contribution is -0.128. The van der Waals surface area contributed by atoms with Crippen LogP contribution in [0.3, 0.4) is 0 Å². The average molecular weight is 509 g/mol. The first kappa shape index (κ1) is 28.3. The molecule has 2 rings (SSSR count). The van der Waals surface area contributed by atoms with E-state index in [-0.39, 0.29) is 13.0 Å². The van der Waals surface area contributed by atoms with Crippen LogP contribution in [-0.4, -0.2) is 79.1 Å². The van der Waals surface area contributed by atoms with E-state index < -0.39 is 57.4 Å². The van der Waals surface area contributed by atoms with Gasteiger partial charge in [-0.15, -0.1) is 0 Å². The quantitative estimate of drug-likeness (QED) is 0.344. The normalized spacial score (nSPS) is 18.8. The molecule has 0 radical (unpaired) electrons. The molecular weight excluding hydrogens is 472 g/mol. The summed E-state index contributed by atoms with van der Waals surface area (Å²) in [6, 6.07) is 6.65. The molecule has 0 aromatic heterocycles. The number of carbonyl (C=O) groups is 3. The molecule has 1 fully saturated rings. The topological polar surface area (TPSA) is 145 Å². The Morgan fingerprint density at radius 1 is 1.26 bits per heavy atom. The van der Waals surface area contributed by atoms with Crippen LogP contribution in [0.1, 0.15) is 32.8 Å². The highest BCUT2D eigenvalue weighted by molar-refractivity contribution is 7.92. The number of sulfone groups is 1. The Morgan fingerprint density at radius 2 is 1.91 bits per heavy atom. The number of allylic oxidation sites excluding steroid dienone is 1. The molecule has 11 heteroatoms. The third kappa shape index (κ3) is 9.69. The van der Waals surface area contributed by atoms with Gasteiger partial charge in [-0.05, 0) is 31.2 Å². The highest BCUT2D eigenvalue weighted by Gasteiger charge is 2.36. The molecule has 4 N–H and O–H groups in total. The van der Waals surface area contributed by atoms with Gasteiger partial charge < -0.3 is 26.0 Å². The van der Waals surface area contributed by atoms with E-state index in [1.807, 2.05) is 44.2 Å². The van der Waals surface area contributed by atoms with E-state index in [0.29, 0.717) is 24.6 Å². The Balaban J connectivity index is 2.22. The Bertz CT molecular complexity index is 1010. The Hall–Kier alpha value is -2.92. The van der Waals surface area contributed by atoms with Crippen LogP contribution < -0.4 is 16.0 Å². The lowest BCUT2D eigenvalue weighted by Gasteiger charge is -2.32. The van der Waals surface area contributed by atoms with Crippen molar-refractivity contribution in [2.45, 2.75) is 51.8 Å². The number of hydrogen-bond donors (Lipinski definition) is 4. The second-order valence-electron chi connectivity index (χ2n) is 9.39. The van der Waals surface area contributed by atoms with Crippen LogP contribution in [0.25, 0.3) is 0 Å². The fourth-order valence-electron chi connectivity index (χ4n) is 3.67. The number of carbonyl (C=O) groups excluding carboxylic acids is 3. The zero-order valence-corrected chi connectivity index (χ0v) is 21.3. The summed E-state index contributed by atoms with van der Waals surface area (Å²) in [4.78, 5) is 38.8. The fourth-order valence-corrected chi connectivity index (χ4v) is 5.01. The van der Waals surface area contributed by atoms with Gasteiger partial charge in [0.2, 0.25) is 11.8 Å². The molecule has 0 saturated carbocycles. The molecule has 1 saturated heterocycles. The van der Waals surface area contributed by atoms with Crippen LogP contribution in [0.5, 0.6) is 0 Å². The number of aliphatic hydroxyl groups is 1. The minimum absolute atomic E-state index is 0.0705. The molecule has 1 aromatic rings. The molecule has 3 atom stereocenters. The number of nitrogens with one attached hydrogen (secondary N) is 3. The summed E-state index contributed by atoms with van der Waals surface area (Å²) in [6.07, 6.45) is -0.225. The molecule has 4 amide bonds. The van der Waals surface area contributed by atoms with Crippen LogP contribution in [0.15, 0.2) is 42.6 Å². The van der Waals surface area contributed by atoms with Gasteiger partial charge in [-0.25, -0.2) is 13.2 Å².